The fraction of sp³-hybridized carbons (Fsp3) is 0.385. The lowest BCUT2D eigenvalue weighted by Crippen LogP contribution is -2.25. The summed E-state index contributed by atoms with van der Waals surface area (Å²) in [5, 5.41) is 0.803. The molecule has 0 unspecified atom stereocenters. The first-order valence-electron chi connectivity index (χ1n) is 5.74. The minimum absolute atomic E-state index is 0.506. The SMILES string of the molecule is CC(C)c1ccc(N(C=O)C2=NCCS2)cc1. The molecule has 1 amide bonds. The van der Waals surface area contributed by atoms with Gasteiger partial charge < -0.3 is 0 Å². The Morgan fingerprint density at radius 1 is 1.35 bits per heavy atom. The number of anilines is 1. The lowest BCUT2D eigenvalue weighted by atomic mass is 10.0. The summed E-state index contributed by atoms with van der Waals surface area (Å²) in [4.78, 5) is 17.1. The fourth-order valence-corrected chi connectivity index (χ4v) is 2.54. The Balaban J connectivity index is 2.22. The molecule has 90 valence electrons. The van der Waals surface area contributed by atoms with Crippen molar-refractivity contribution >= 4 is 29.0 Å². The smallest absolute Gasteiger partial charge is 0.220 e. The Morgan fingerprint density at radius 3 is 2.53 bits per heavy atom. The lowest BCUT2D eigenvalue weighted by Gasteiger charge is -2.17. The molecule has 0 radical (unpaired) electrons. The molecule has 0 fully saturated rings. The Hall–Kier alpha value is -1.29. The second-order valence-electron chi connectivity index (χ2n) is 4.23. The highest BCUT2D eigenvalue weighted by Crippen LogP contribution is 2.23. The molecule has 1 heterocycles. The highest BCUT2D eigenvalue weighted by Gasteiger charge is 2.16. The maximum Gasteiger partial charge on any atom is 0.220 e. The van der Waals surface area contributed by atoms with Crippen molar-refractivity contribution in [1.29, 1.82) is 0 Å². The quantitative estimate of drug-likeness (QED) is 0.770. The number of amides is 1. The van der Waals surface area contributed by atoms with Gasteiger partial charge in [0.2, 0.25) is 6.41 Å². The molecule has 4 heteroatoms. The molecule has 2 rings (SSSR count). The first kappa shape index (κ1) is 12.2. The van der Waals surface area contributed by atoms with Crippen LogP contribution in [-0.4, -0.2) is 23.9 Å². The molecule has 1 aromatic carbocycles. The first-order chi connectivity index (χ1) is 8.22. The Labute approximate surface area is 106 Å². The monoisotopic (exact) mass is 248 g/mol. The Bertz CT molecular complexity index is 426. The van der Waals surface area contributed by atoms with E-state index in [9.17, 15) is 4.79 Å². The van der Waals surface area contributed by atoms with Crippen molar-refractivity contribution in [1.82, 2.24) is 0 Å². The largest absolute Gasteiger partial charge is 0.278 e. The highest BCUT2D eigenvalue weighted by molar-refractivity contribution is 8.14. The van der Waals surface area contributed by atoms with E-state index in [-0.39, 0.29) is 0 Å². The molecule has 0 aliphatic carbocycles. The number of nitrogens with zero attached hydrogens (tertiary/aromatic N) is 2. The van der Waals surface area contributed by atoms with E-state index in [4.69, 9.17) is 0 Å². The molecule has 0 aromatic heterocycles. The van der Waals surface area contributed by atoms with Crippen LogP contribution in [0.3, 0.4) is 0 Å². The minimum atomic E-state index is 0.506. The number of carbonyl (C=O) groups excluding carboxylic acids is 1. The molecule has 0 atom stereocenters. The van der Waals surface area contributed by atoms with Gasteiger partial charge in [0, 0.05) is 5.75 Å². The molecule has 0 N–H and O–H groups in total. The van der Waals surface area contributed by atoms with Gasteiger partial charge in [-0.2, -0.15) is 0 Å². The molecular weight excluding hydrogens is 232 g/mol. The van der Waals surface area contributed by atoms with Gasteiger partial charge in [-0.15, -0.1) is 0 Å². The van der Waals surface area contributed by atoms with Crippen LogP contribution >= 0.6 is 11.8 Å². The number of amidine groups is 1. The van der Waals surface area contributed by atoms with E-state index in [1.807, 2.05) is 12.1 Å². The van der Waals surface area contributed by atoms with E-state index < -0.39 is 0 Å². The Morgan fingerprint density at radius 2 is 2.06 bits per heavy atom. The molecule has 0 saturated carbocycles. The van der Waals surface area contributed by atoms with Crippen LogP contribution < -0.4 is 4.90 Å². The number of thioether (sulfide) groups is 1. The van der Waals surface area contributed by atoms with Crippen LogP contribution in [0, 0.1) is 0 Å². The van der Waals surface area contributed by atoms with E-state index >= 15 is 0 Å². The zero-order valence-electron chi connectivity index (χ0n) is 10.1. The van der Waals surface area contributed by atoms with Crippen LogP contribution in [0.1, 0.15) is 25.3 Å². The van der Waals surface area contributed by atoms with Crippen molar-refractivity contribution in [3.05, 3.63) is 29.8 Å². The van der Waals surface area contributed by atoms with Crippen LogP contribution in [-0.2, 0) is 4.79 Å². The van der Waals surface area contributed by atoms with Crippen molar-refractivity contribution in [3.63, 3.8) is 0 Å². The third-order valence-corrected chi connectivity index (χ3v) is 3.69. The van der Waals surface area contributed by atoms with Gasteiger partial charge in [-0.25, -0.2) is 0 Å². The van der Waals surface area contributed by atoms with Gasteiger partial charge in [0.1, 0.15) is 0 Å². The summed E-state index contributed by atoms with van der Waals surface area (Å²) >= 11 is 1.63. The van der Waals surface area contributed by atoms with Crippen LogP contribution in [0.4, 0.5) is 5.69 Å². The summed E-state index contributed by atoms with van der Waals surface area (Å²) in [5.41, 5.74) is 2.16. The molecule has 3 nitrogen and oxygen atoms in total. The number of benzene rings is 1. The zero-order chi connectivity index (χ0) is 12.3. The van der Waals surface area contributed by atoms with E-state index in [1.54, 1.807) is 16.7 Å². The second kappa shape index (κ2) is 5.36. The van der Waals surface area contributed by atoms with Gasteiger partial charge >= 0.3 is 0 Å². The maximum absolute atomic E-state index is 11.1. The summed E-state index contributed by atoms with van der Waals surface area (Å²) in [6.45, 7) is 5.11. The summed E-state index contributed by atoms with van der Waals surface area (Å²) in [7, 11) is 0. The second-order valence-corrected chi connectivity index (χ2v) is 5.30. The topological polar surface area (TPSA) is 32.7 Å². The van der Waals surface area contributed by atoms with Gasteiger partial charge in [0.05, 0.1) is 12.2 Å². The number of carbonyl (C=O) groups is 1. The van der Waals surface area contributed by atoms with E-state index in [0.29, 0.717) is 5.92 Å². The predicted molar refractivity (Wildman–Crippen MR) is 73.8 cm³/mol. The number of hydrogen-bond acceptors (Lipinski definition) is 3. The highest BCUT2D eigenvalue weighted by atomic mass is 32.2. The lowest BCUT2D eigenvalue weighted by molar-refractivity contribution is -0.106. The van der Waals surface area contributed by atoms with E-state index in [0.717, 1.165) is 29.6 Å². The van der Waals surface area contributed by atoms with Crippen LogP contribution in [0.25, 0.3) is 0 Å². The Kier molecular flexibility index (Phi) is 3.84. The molecule has 1 aromatic rings. The maximum atomic E-state index is 11.1. The van der Waals surface area contributed by atoms with Crippen LogP contribution in [0.2, 0.25) is 0 Å². The zero-order valence-corrected chi connectivity index (χ0v) is 10.9. The van der Waals surface area contributed by atoms with Crippen molar-refractivity contribution in [2.45, 2.75) is 19.8 Å². The predicted octanol–water partition coefficient (Wildman–Crippen LogP) is 2.88. The van der Waals surface area contributed by atoms with E-state index in [1.165, 1.54) is 5.56 Å². The normalized spacial score (nSPS) is 14.9. The van der Waals surface area contributed by atoms with Crippen LogP contribution in [0.15, 0.2) is 29.3 Å². The average molecular weight is 248 g/mol. The summed E-state index contributed by atoms with van der Waals surface area (Å²) in [5.74, 6) is 1.47. The third kappa shape index (κ3) is 2.69. The molecule has 17 heavy (non-hydrogen) atoms. The summed E-state index contributed by atoms with van der Waals surface area (Å²) < 4.78 is 0. The standard InChI is InChI=1S/C13H16N2OS/c1-10(2)11-3-5-12(6-4-11)15(9-16)13-14-7-8-17-13/h3-6,9-10H,7-8H2,1-2H3. The number of hydrogen-bond donors (Lipinski definition) is 0. The minimum Gasteiger partial charge on any atom is -0.278 e. The number of aliphatic imine (C=N–C) groups is 1. The molecule has 1 aliphatic heterocycles. The fourth-order valence-electron chi connectivity index (χ4n) is 1.71. The molecular formula is C13H16N2OS. The van der Waals surface area contributed by atoms with Gasteiger partial charge in [0.25, 0.3) is 0 Å². The molecule has 0 bridgehead atoms. The third-order valence-electron chi connectivity index (χ3n) is 2.72. The van der Waals surface area contributed by atoms with Crippen LogP contribution in [0.5, 0.6) is 0 Å². The summed E-state index contributed by atoms with van der Waals surface area (Å²) in [6, 6.07) is 8.09. The molecule has 0 saturated heterocycles. The van der Waals surface area contributed by atoms with Gasteiger partial charge in [-0.1, -0.05) is 37.7 Å². The number of rotatable bonds is 3. The van der Waals surface area contributed by atoms with Crippen molar-refractivity contribution in [3.8, 4) is 0 Å². The average Bonchev–Trinajstić information content (AvgIpc) is 2.84. The summed E-state index contributed by atoms with van der Waals surface area (Å²) in [6.07, 6.45) is 0.835. The molecule has 0 spiro atoms. The van der Waals surface area contributed by atoms with E-state index in [2.05, 4.69) is 31.0 Å². The van der Waals surface area contributed by atoms with Crippen molar-refractivity contribution in [2.24, 2.45) is 4.99 Å². The van der Waals surface area contributed by atoms with Crippen molar-refractivity contribution < 1.29 is 4.79 Å². The first-order valence-corrected chi connectivity index (χ1v) is 6.72. The van der Waals surface area contributed by atoms with Gasteiger partial charge in [0.15, 0.2) is 5.17 Å². The van der Waals surface area contributed by atoms with Gasteiger partial charge in [-0.3, -0.25) is 14.7 Å². The van der Waals surface area contributed by atoms with Gasteiger partial charge in [-0.05, 0) is 23.6 Å². The molecule has 1 aliphatic rings. The van der Waals surface area contributed by atoms with Crippen molar-refractivity contribution in [2.75, 3.05) is 17.2 Å².